The van der Waals surface area contributed by atoms with E-state index in [1.165, 1.54) is 19.2 Å². The zero-order valence-corrected chi connectivity index (χ0v) is 64.6. The molecule has 8 amide bonds. The van der Waals surface area contributed by atoms with E-state index in [0.29, 0.717) is 45.1 Å². The average molecular weight is 1550 g/mol. The van der Waals surface area contributed by atoms with E-state index in [4.69, 9.17) is 14.0 Å². The fourth-order valence-electron chi connectivity index (χ4n) is 14.3. The highest BCUT2D eigenvalue weighted by Gasteiger charge is 2.49. The highest BCUT2D eigenvalue weighted by Crippen LogP contribution is 2.35. The number of aromatic nitrogens is 8. The molecule has 15 rings (SSSR count). The molecule has 9 heterocycles. The number of ether oxygens (including phenoxy) is 2. The Morgan fingerprint density at radius 1 is 0.540 bits per heavy atom. The summed E-state index contributed by atoms with van der Waals surface area (Å²) in [5, 5.41) is 58.0. The molecule has 2 fully saturated rings. The molecule has 9 aromatic rings. The Labute approximate surface area is 651 Å². The summed E-state index contributed by atoms with van der Waals surface area (Å²) in [6, 6.07) is 27.0. The molecule has 0 spiro atoms. The number of amides is 8. The molecule has 0 aliphatic carbocycles. The number of carbonyl (C=O) groups is 9. The number of likely N-dealkylation sites (tertiary alicyclic amines) is 2. The fourth-order valence-corrected chi connectivity index (χ4v) is 14.3. The van der Waals surface area contributed by atoms with Crippen LogP contribution in [0, 0.1) is 10.8 Å². The zero-order chi connectivity index (χ0) is 80.6. The van der Waals surface area contributed by atoms with E-state index in [1.54, 1.807) is 130 Å². The molecule has 32 nitrogen and oxygen atoms in total. The number of carboxylic acids is 1. The van der Waals surface area contributed by atoms with Gasteiger partial charge in [0.1, 0.15) is 78.4 Å². The summed E-state index contributed by atoms with van der Waals surface area (Å²) in [7, 11) is 3.23. The Kier molecular flexibility index (Phi) is 24.6. The van der Waals surface area contributed by atoms with Gasteiger partial charge < -0.3 is 71.4 Å². The molecular formula is C81H96N18O14. The van der Waals surface area contributed by atoms with Crippen molar-refractivity contribution in [3.05, 3.63) is 196 Å². The molecule has 2 saturated heterocycles. The third kappa shape index (κ3) is 19.6. The van der Waals surface area contributed by atoms with E-state index in [-0.39, 0.29) is 70.7 Å². The van der Waals surface area contributed by atoms with Crippen molar-refractivity contribution in [3.8, 4) is 11.5 Å². The minimum absolute atomic E-state index is 0.0226. The largest absolute Gasteiger partial charge is 0.487 e. The van der Waals surface area contributed by atoms with E-state index in [9.17, 15) is 29.1 Å². The molecule has 12 atom stereocenters. The third-order valence-electron chi connectivity index (χ3n) is 21.0. The lowest BCUT2D eigenvalue weighted by Gasteiger charge is -2.36. The van der Waals surface area contributed by atoms with Gasteiger partial charge in [0, 0.05) is 45.2 Å². The summed E-state index contributed by atoms with van der Waals surface area (Å²) in [5.74, 6) is -6.57. The second kappa shape index (κ2) is 34.6. The van der Waals surface area contributed by atoms with Gasteiger partial charge in [-0.3, -0.25) is 38.4 Å². The molecule has 113 heavy (non-hydrogen) atoms. The molecule has 3 aromatic heterocycles. The molecule has 32 heteroatoms. The van der Waals surface area contributed by atoms with Gasteiger partial charge in [0.15, 0.2) is 5.82 Å². The van der Waals surface area contributed by atoms with Gasteiger partial charge in [0.05, 0.1) is 42.6 Å². The second-order valence-electron chi connectivity index (χ2n) is 31.4. The molecule has 1 unspecified atom stereocenters. The van der Waals surface area contributed by atoms with Gasteiger partial charge in [0.25, 0.3) is 0 Å². The van der Waals surface area contributed by atoms with Crippen LogP contribution in [0.1, 0.15) is 126 Å². The van der Waals surface area contributed by atoms with Crippen LogP contribution < -0.4 is 57.8 Å². The number of rotatable bonds is 14. The number of aromatic amines is 1. The second-order valence-corrected chi connectivity index (χ2v) is 31.4. The lowest BCUT2D eigenvalue weighted by Crippen LogP contribution is -2.60. The van der Waals surface area contributed by atoms with Crippen molar-refractivity contribution < 1.29 is 62.3 Å². The third-order valence-corrected chi connectivity index (χ3v) is 21.0. The van der Waals surface area contributed by atoms with Crippen molar-refractivity contribution >= 4 is 74.8 Å². The number of likely N-dealkylation sites (N-methyl/N-ethyl adjacent to an activating group) is 2. The summed E-state index contributed by atoms with van der Waals surface area (Å²) >= 11 is 0. The normalized spacial score (nSPS) is 21.4. The van der Waals surface area contributed by atoms with Crippen molar-refractivity contribution in [2.24, 2.45) is 10.8 Å². The minimum atomic E-state index is -1.52. The van der Waals surface area contributed by atoms with Crippen LogP contribution in [-0.2, 0) is 82.0 Å². The Balaban J connectivity index is 0.882. The molecular weight excluding hydrogens is 1450 g/mol. The van der Waals surface area contributed by atoms with Crippen LogP contribution in [-0.4, -0.2) is 190 Å². The summed E-state index contributed by atoms with van der Waals surface area (Å²) in [6.07, 6.45) is 2.87. The van der Waals surface area contributed by atoms with Crippen molar-refractivity contribution in [2.75, 3.05) is 27.2 Å². The Hall–Kier alpha value is -12.2. The van der Waals surface area contributed by atoms with Gasteiger partial charge in [-0.2, -0.15) is 4.98 Å². The molecule has 12 bridgehead atoms. The zero-order valence-electron chi connectivity index (χ0n) is 64.6. The molecule has 6 aliphatic rings. The first-order valence-electron chi connectivity index (χ1n) is 37.7. The van der Waals surface area contributed by atoms with Gasteiger partial charge >= 0.3 is 11.7 Å². The average Bonchev–Trinajstić information content (AvgIpc) is 1.65. The highest BCUT2D eigenvalue weighted by atomic mass is 16.5. The number of nitrogens with zero attached hydrogens (tertiary/aromatic N) is 9. The summed E-state index contributed by atoms with van der Waals surface area (Å²) in [5.41, 5.74) is 1.39. The summed E-state index contributed by atoms with van der Waals surface area (Å²) in [4.78, 5) is 152. The Morgan fingerprint density at radius 3 is 1.37 bits per heavy atom. The number of fused-ring (bicyclic) bond motifs is 2. The first-order valence-corrected chi connectivity index (χ1v) is 37.7. The minimum Gasteiger partial charge on any atom is -0.487 e. The number of hydrogen-bond donors (Lipinski definition) is 10. The number of hydrogen-bond acceptors (Lipinski definition) is 20. The maximum absolute atomic E-state index is 15.5. The maximum atomic E-state index is 15.5. The SMILES string of the molecule is CN[C@@H](C)C(=O)NC(C(=O)N1C[C@@H]2C[C@H]1C(=O)N[C@@H](Cc1ccc3ccccc3c1)C(=O)N[C@H](c1nc(=O)o[nH]1)Cc1ccc(cc1)OCc1cn(nn1)[C@H]1C[C@@H](C(=O)N[C@@H](Cc3ccc4ccccc4c3)C(=O)N[C@H](C(=O)O)Cc3ccc(cc3)OCc3cn2nn3)N(C(=O)[C@@H](NC(=O)[C@H](C)NC)C(C)(C)C)C1)C(C)(C)C. The Bertz CT molecular complexity index is 5030. The fraction of sp³-hybridized carbons (Fsp3) is 0.420. The number of nitrogens with one attached hydrogen (secondary N) is 9. The summed E-state index contributed by atoms with van der Waals surface area (Å²) < 4.78 is 20.6. The standard InChI is InChI=1S/C81H96N18O14/c1-45(82-9)70(100)88-67(80(3,4)5)76(106)96-41-57-37-65(96)74(104)85-62(35-49-19-25-51-15-11-13-17-53(51)31-49)72(102)84-61(69-90-79(110)113-93-69)33-47-21-27-59(28-22-47)111-43-55-39-99(94-91-55)58-38-66(97(42-58)77(107)68(81(6,7)8)89-71(101)46(2)83-10)75(105)86-63(36-50-20-26-52-16-12-14-18-54(52)32-50)73(103)87-64(78(108)109)34-48-23-29-60(30-24-48)112-44-56-40-98(57)95-92-56/h11-32,39-40,45-46,57-58,61-68,82-83H,33-38,41-44H2,1-10H3,(H,84,102)(H,85,104)(H,86,105)(H,87,103)(H,88,100)(H,89,101)(H,108,109)(H,90,93,110)/t45-,46-,57-,58-,61-,62-,63-,64-,65-,66-,67?,68+/m0/s1. The van der Waals surface area contributed by atoms with E-state index in [1.807, 2.05) is 84.9 Å². The van der Waals surface area contributed by atoms with Crippen LogP contribution in [0.5, 0.6) is 11.5 Å². The van der Waals surface area contributed by atoms with E-state index in [0.717, 1.165) is 21.5 Å². The summed E-state index contributed by atoms with van der Waals surface area (Å²) in [6.45, 7) is 13.7. The molecule has 10 N–H and O–H groups in total. The molecule has 0 radical (unpaired) electrons. The molecule has 0 saturated carbocycles. The predicted molar refractivity (Wildman–Crippen MR) is 414 cm³/mol. The molecule has 6 aliphatic heterocycles. The van der Waals surface area contributed by atoms with Crippen molar-refractivity contribution in [3.63, 3.8) is 0 Å². The van der Waals surface area contributed by atoms with Crippen LogP contribution >= 0.6 is 0 Å². The van der Waals surface area contributed by atoms with Gasteiger partial charge in [-0.05, 0) is 113 Å². The lowest BCUT2D eigenvalue weighted by molar-refractivity contribution is -0.145. The highest BCUT2D eigenvalue weighted by molar-refractivity contribution is 5.98. The molecule has 6 aromatic carbocycles. The topological polar surface area (TPSA) is 415 Å². The van der Waals surface area contributed by atoms with Crippen LogP contribution in [0.25, 0.3) is 21.5 Å². The van der Waals surface area contributed by atoms with Crippen molar-refractivity contribution in [1.82, 2.24) is 92.5 Å². The van der Waals surface area contributed by atoms with Crippen LogP contribution in [0.2, 0.25) is 0 Å². The number of H-pyrrole nitrogens is 1. The smallest absolute Gasteiger partial charge is 0.459 e. The van der Waals surface area contributed by atoms with Gasteiger partial charge in [-0.1, -0.05) is 161 Å². The maximum Gasteiger partial charge on any atom is 0.459 e. The van der Waals surface area contributed by atoms with Crippen LogP contribution in [0.4, 0.5) is 0 Å². The van der Waals surface area contributed by atoms with E-state index < -0.39 is 142 Å². The number of aliphatic carboxylic acids is 1. The van der Waals surface area contributed by atoms with Crippen LogP contribution in [0.15, 0.2) is 155 Å². The van der Waals surface area contributed by atoms with Gasteiger partial charge in [0.2, 0.25) is 47.3 Å². The van der Waals surface area contributed by atoms with Crippen molar-refractivity contribution in [2.45, 2.75) is 180 Å². The monoisotopic (exact) mass is 1540 g/mol. The van der Waals surface area contributed by atoms with E-state index >= 15 is 24.0 Å². The first-order chi connectivity index (χ1) is 53.9. The van der Waals surface area contributed by atoms with Gasteiger partial charge in [-0.25, -0.2) is 24.1 Å². The Morgan fingerprint density at radius 2 is 0.965 bits per heavy atom. The first kappa shape index (κ1) is 80.3. The predicted octanol–water partition coefficient (Wildman–Crippen LogP) is 4.25. The van der Waals surface area contributed by atoms with Crippen molar-refractivity contribution in [1.29, 1.82) is 0 Å². The quantitative estimate of drug-likeness (QED) is 0.0727. The number of carboxylic acid groups (broad SMARTS) is 1. The number of carbonyl (C=O) groups excluding carboxylic acids is 8. The number of benzene rings is 6. The van der Waals surface area contributed by atoms with E-state index in [2.05, 4.69) is 73.3 Å². The molecule has 594 valence electrons. The van der Waals surface area contributed by atoms with Gasteiger partial charge in [-0.15, -0.1) is 10.2 Å². The lowest BCUT2D eigenvalue weighted by atomic mass is 9.85. The van der Waals surface area contributed by atoms with Crippen LogP contribution in [0.3, 0.4) is 0 Å².